The monoisotopic (exact) mass is 318 g/mol. The zero-order chi connectivity index (χ0) is 15.9. The number of benzene rings is 1. The normalized spacial score (nSPS) is 14.8. The molecule has 1 aliphatic heterocycles. The number of hydrogen-bond acceptors (Lipinski definition) is 5. The minimum absolute atomic E-state index is 0.00414. The molecule has 22 heavy (non-hydrogen) atoms. The van der Waals surface area contributed by atoms with E-state index >= 15 is 0 Å². The third kappa shape index (κ3) is 2.38. The van der Waals surface area contributed by atoms with Gasteiger partial charge in [0.25, 0.3) is 11.8 Å². The predicted molar refractivity (Wildman–Crippen MR) is 77.2 cm³/mol. The summed E-state index contributed by atoms with van der Waals surface area (Å²) < 4.78 is 5.28. The molecule has 1 aromatic heterocycles. The maximum absolute atomic E-state index is 12.3. The molecule has 8 heteroatoms. The Kier molecular flexibility index (Phi) is 3.26. The molecule has 110 valence electrons. The molecule has 4 amide bonds. The third-order valence-corrected chi connectivity index (χ3v) is 3.24. The van der Waals surface area contributed by atoms with Crippen LogP contribution in [0, 0.1) is 0 Å². The second-order valence-corrected chi connectivity index (χ2v) is 4.89. The van der Waals surface area contributed by atoms with Crippen molar-refractivity contribution in [3.63, 3.8) is 0 Å². The predicted octanol–water partition coefficient (Wildman–Crippen LogP) is 1.20. The summed E-state index contributed by atoms with van der Waals surface area (Å²) in [5.74, 6) is -1.77. The average Bonchev–Trinajstić information content (AvgIpc) is 2.44. The van der Waals surface area contributed by atoms with Crippen molar-refractivity contribution in [2.75, 3.05) is 0 Å². The second-order valence-electron chi connectivity index (χ2n) is 4.46. The van der Waals surface area contributed by atoms with Gasteiger partial charge in [-0.15, -0.1) is 0 Å². The fourth-order valence-corrected chi connectivity index (χ4v) is 2.14. The van der Waals surface area contributed by atoms with Gasteiger partial charge in [-0.2, -0.15) is 0 Å². The second kappa shape index (κ2) is 5.12. The van der Waals surface area contributed by atoms with Crippen molar-refractivity contribution in [1.82, 2.24) is 10.6 Å². The first-order chi connectivity index (χ1) is 10.5. The van der Waals surface area contributed by atoms with Gasteiger partial charge in [0, 0.05) is 11.1 Å². The molecule has 0 bridgehead atoms. The van der Waals surface area contributed by atoms with Crippen LogP contribution in [0.1, 0.15) is 5.56 Å². The number of carbonyl (C=O) groups is 3. The van der Waals surface area contributed by atoms with Crippen molar-refractivity contribution in [1.29, 1.82) is 0 Å². The summed E-state index contributed by atoms with van der Waals surface area (Å²) in [5.41, 5.74) is -0.500. The van der Waals surface area contributed by atoms with E-state index in [0.29, 0.717) is 5.02 Å². The van der Waals surface area contributed by atoms with Gasteiger partial charge in [0.15, 0.2) is 5.43 Å². The zero-order valence-electron chi connectivity index (χ0n) is 10.8. The lowest BCUT2D eigenvalue weighted by molar-refractivity contribution is -0.123. The van der Waals surface area contributed by atoms with E-state index in [2.05, 4.69) is 0 Å². The molecule has 1 aliphatic rings. The molecule has 7 nitrogen and oxygen atoms in total. The highest BCUT2D eigenvalue weighted by Gasteiger charge is 2.28. The fourth-order valence-electron chi connectivity index (χ4n) is 1.98. The van der Waals surface area contributed by atoms with Gasteiger partial charge < -0.3 is 4.42 Å². The number of halogens is 1. The molecule has 1 aromatic carbocycles. The summed E-state index contributed by atoms with van der Waals surface area (Å²) in [7, 11) is 0. The van der Waals surface area contributed by atoms with E-state index in [9.17, 15) is 19.2 Å². The molecule has 3 rings (SSSR count). The molecule has 0 saturated carbocycles. The van der Waals surface area contributed by atoms with Gasteiger partial charge in [-0.05, 0) is 18.2 Å². The van der Waals surface area contributed by atoms with Crippen LogP contribution in [-0.2, 0) is 9.59 Å². The van der Waals surface area contributed by atoms with E-state index in [1.54, 1.807) is 0 Å². The van der Waals surface area contributed by atoms with Crippen molar-refractivity contribution in [3.05, 3.63) is 50.8 Å². The first-order valence-electron chi connectivity index (χ1n) is 6.05. The molecule has 0 radical (unpaired) electrons. The van der Waals surface area contributed by atoms with Gasteiger partial charge in [-0.25, -0.2) is 4.79 Å². The Morgan fingerprint density at radius 3 is 2.41 bits per heavy atom. The van der Waals surface area contributed by atoms with Gasteiger partial charge >= 0.3 is 6.03 Å². The smallest absolute Gasteiger partial charge is 0.328 e. The summed E-state index contributed by atoms with van der Waals surface area (Å²) in [6, 6.07) is 3.58. The van der Waals surface area contributed by atoms with Gasteiger partial charge in [-0.1, -0.05) is 11.6 Å². The summed E-state index contributed by atoms with van der Waals surface area (Å²) >= 11 is 5.81. The number of urea groups is 1. The third-order valence-electron chi connectivity index (χ3n) is 3.01. The van der Waals surface area contributed by atoms with E-state index in [-0.39, 0.29) is 22.1 Å². The summed E-state index contributed by atoms with van der Waals surface area (Å²) in [6.07, 6.45) is 2.18. The Morgan fingerprint density at radius 2 is 1.73 bits per heavy atom. The molecule has 2 heterocycles. The number of rotatable bonds is 1. The average molecular weight is 319 g/mol. The number of nitrogens with one attached hydrogen (secondary N) is 2. The number of amides is 4. The van der Waals surface area contributed by atoms with E-state index in [1.807, 2.05) is 10.6 Å². The maximum atomic E-state index is 12.3. The van der Waals surface area contributed by atoms with Crippen LogP contribution in [0.3, 0.4) is 0 Å². The molecule has 1 saturated heterocycles. The lowest BCUT2D eigenvalue weighted by Crippen LogP contribution is -2.51. The quantitative estimate of drug-likeness (QED) is 0.607. The minimum atomic E-state index is -0.910. The SMILES string of the molecule is O=C1NC(=O)C(=Cc2coc3cc(Cl)ccc3c2=O)C(=O)N1. The number of hydrogen-bond donors (Lipinski definition) is 2. The molecule has 0 spiro atoms. The van der Waals surface area contributed by atoms with Crippen molar-refractivity contribution >= 4 is 46.5 Å². The first-order valence-corrected chi connectivity index (χ1v) is 6.43. The first kappa shape index (κ1) is 14.0. The molecular formula is C14H7ClN2O5. The maximum Gasteiger partial charge on any atom is 0.328 e. The molecule has 1 fully saturated rings. The van der Waals surface area contributed by atoms with Crippen LogP contribution in [0.4, 0.5) is 4.79 Å². The molecular weight excluding hydrogens is 312 g/mol. The molecule has 0 unspecified atom stereocenters. The molecule has 2 aromatic rings. The number of barbiturate groups is 1. The van der Waals surface area contributed by atoms with E-state index in [1.165, 1.54) is 18.2 Å². The highest BCUT2D eigenvalue weighted by Crippen LogP contribution is 2.18. The fraction of sp³-hybridized carbons (Fsp3) is 0. The van der Waals surface area contributed by atoms with Gasteiger partial charge in [0.1, 0.15) is 17.4 Å². The van der Waals surface area contributed by atoms with Crippen molar-refractivity contribution < 1.29 is 18.8 Å². The van der Waals surface area contributed by atoms with Crippen LogP contribution in [0.25, 0.3) is 17.0 Å². The standard InChI is InChI=1S/C14H7ClN2O5/c15-7-1-2-8-10(4-7)22-5-6(11(8)18)3-9-12(19)16-14(21)17-13(9)20/h1-5H,(H2,16,17,19,20,21). The van der Waals surface area contributed by atoms with Crippen LogP contribution < -0.4 is 16.1 Å². The lowest BCUT2D eigenvalue weighted by atomic mass is 10.1. The van der Waals surface area contributed by atoms with Crippen LogP contribution in [0.2, 0.25) is 5.02 Å². The van der Waals surface area contributed by atoms with Crippen molar-refractivity contribution in [2.45, 2.75) is 0 Å². The lowest BCUT2D eigenvalue weighted by Gasteiger charge is -2.13. The Balaban J connectivity index is 2.13. The summed E-state index contributed by atoms with van der Waals surface area (Å²) in [5, 5.41) is 4.50. The summed E-state index contributed by atoms with van der Waals surface area (Å²) in [4.78, 5) is 46.5. The summed E-state index contributed by atoms with van der Waals surface area (Å²) in [6.45, 7) is 0. The Labute approximate surface area is 127 Å². The van der Waals surface area contributed by atoms with Crippen molar-refractivity contribution in [2.24, 2.45) is 0 Å². The number of imide groups is 2. The van der Waals surface area contributed by atoms with Crippen LogP contribution >= 0.6 is 11.6 Å². The Morgan fingerprint density at radius 1 is 1.05 bits per heavy atom. The van der Waals surface area contributed by atoms with Crippen molar-refractivity contribution in [3.8, 4) is 0 Å². The molecule has 0 atom stereocenters. The van der Waals surface area contributed by atoms with Gasteiger partial charge in [-0.3, -0.25) is 25.0 Å². The van der Waals surface area contributed by atoms with E-state index in [0.717, 1.165) is 12.3 Å². The van der Waals surface area contributed by atoms with Crippen LogP contribution in [0.5, 0.6) is 0 Å². The van der Waals surface area contributed by atoms with Crippen LogP contribution in [0.15, 0.2) is 39.2 Å². The van der Waals surface area contributed by atoms with Gasteiger partial charge in [0.2, 0.25) is 0 Å². The van der Waals surface area contributed by atoms with E-state index < -0.39 is 23.3 Å². The topological polar surface area (TPSA) is 105 Å². The Bertz CT molecular complexity index is 906. The van der Waals surface area contributed by atoms with Gasteiger partial charge in [0.05, 0.1) is 10.9 Å². The zero-order valence-corrected chi connectivity index (χ0v) is 11.6. The molecule has 0 aliphatic carbocycles. The number of fused-ring (bicyclic) bond motifs is 1. The Hall–Kier alpha value is -2.93. The highest BCUT2D eigenvalue weighted by molar-refractivity contribution is 6.31. The highest BCUT2D eigenvalue weighted by atomic mass is 35.5. The van der Waals surface area contributed by atoms with E-state index in [4.69, 9.17) is 16.0 Å². The molecule has 2 N–H and O–H groups in total. The van der Waals surface area contributed by atoms with Crippen LogP contribution in [-0.4, -0.2) is 17.8 Å². The minimum Gasteiger partial charge on any atom is -0.463 e. The number of carbonyl (C=O) groups excluding carboxylic acids is 3. The largest absolute Gasteiger partial charge is 0.463 e.